The molecule has 0 aliphatic carbocycles. The summed E-state index contributed by atoms with van der Waals surface area (Å²) in [5.41, 5.74) is 2.74. The van der Waals surface area contributed by atoms with E-state index in [2.05, 4.69) is 10.4 Å². The average molecular weight is 355 g/mol. The monoisotopic (exact) mass is 355 g/mol. The molecule has 6 heteroatoms. The normalized spacial score (nSPS) is 19.8. The van der Waals surface area contributed by atoms with Crippen molar-refractivity contribution >= 4 is 5.91 Å². The van der Waals surface area contributed by atoms with E-state index in [1.807, 2.05) is 44.3 Å². The first-order valence-electron chi connectivity index (χ1n) is 8.87. The zero-order chi connectivity index (χ0) is 18.4. The first kappa shape index (κ1) is 18.4. The van der Waals surface area contributed by atoms with Crippen molar-refractivity contribution in [3.05, 3.63) is 59.9 Å². The van der Waals surface area contributed by atoms with E-state index >= 15 is 0 Å². The minimum Gasteiger partial charge on any atom is -0.379 e. The van der Waals surface area contributed by atoms with E-state index in [0.717, 1.165) is 12.1 Å². The van der Waals surface area contributed by atoms with Gasteiger partial charge in [0, 0.05) is 24.6 Å². The Morgan fingerprint density at radius 3 is 2.88 bits per heavy atom. The molecule has 1 N–H and O–H groups in total. The lowest BCUT2D eigenvalue weighted by Gasteiger charge is -2.31. The van der Waals surface area contributed by atoms with Crippen LogP contribution >= 0.6 is 0 Å². The summed E-state index contributed by atoms with van der Waals surface area (Å²) in [5.74, 6) is -0.122. The number of benzene rings is 1. The van der Waals surface area contributed by atoms with Crippen LogP contribution in [0.3, 0.4) is 0 Å². The van der Waals surface area contributed by atoms with Crippen LogP contribution in [0.4, 0.5) is 0 Å². The van der Waals surface area contributed by atoms with Gasteiger partial charge in [-0.2, -0.15) is 5.10 Å². The van der Waals surface area contributed by atoms with Crippen molar-refractivity contribution in [3.63, 3.8) is 0 Å². The molecule has 0 radical (unpaired) electrons. The lowest BCUT2D eigenvalue weighted by Crippen LogP contribution is -2.50. The molecule has 2 atom stereocenters. The van der Waals surface area contributed by atoms with E-state index in [1.165, 1.54) is 5.57 Å². The lowest BCUT2D eigenvalue weighted by atomic mass is 10.1. The van der Waals surface area contributed by atoms with E-state index < -0.39 is 0 Å². The van der Waals surface area contributed by atoms with E-state index in [0.29, 0.717) is 25.4 Å². The van der Waals surface area contributed by atoms with Crippen molar-refractivity contribution < 1.29 is 14.3 Å². The molecular formula is C20H25N3O3. The van der Waals surface area contributed by atoms with Crippen LogP contribution in [0.15, 0.2) is 54.4 Å². The number of nitrogens with zero attached hydrogens (tertiary/aromatic N) is 2. The topological polar surface area (TPSA) is 65.4 Å². The van der Waals surface area contributed by atoms with Gasteiger partial charge in [-0.3, -0.25) is 4.79 Å². The van der Waals surface area contributed by atoms with Crippen molar-refractivity contribution in [2.75, 3.05) is 19.8 Å². The van der Waals surface area contributed by atoms with Gasteiger partial charge in [0.15, 0.2) is 0 Å². The molecule has 0 unspecified atom stereocenters. The zero-order valence-corrected chi connectivity index (χ0v) is 15.2. The summed E-state index contributed by atoms with van der Waals surface area (Å²) in [5, 5.41) is 7.23. The van der Waals surface area contributed by atoms with Crippen LogP contribution in [0.1, 0.15) is 30.6 Å². The molecule has 1 fully saturated rings. The van der Waals surface area contributed by atoms with E-state index in [4.69, 9.17) is 9.47 Å². The molecule has 1 aliphatic heterocycles. The molecule has 1 saturated heterocycles. The van der Waals surface area contributed by atoms with E-state index in [-0.39, 0.29) is 18.1 Å². The van der Waals surface area contributed by atoms with Crippen molar-refractivity contribution in [1.82, 2.24) is 15.1 Å². The average Bonchev–Trinajstić information content (AvgIpc) is 3.18. The molecule has 26 heavy (non-hydrogen) atoms. The molecule has 138 valence electrons. The van der Waals surface area contributed by atoms with Gasteiger partial charge >= 0.3 is 0 Å². The highest BCUT2D eigenvalue weighted by molar-refractivity contribution is 5.94. The molecule has 0 spiro atoms. The van der Waals surface area contributed by atoms with E-state index in [9.17, 15) is 4.79 Å². The van der Waals surface area contributed by atoms with Crippen LogP contribution in [-0.4, -0.2) is 47.7 Å². The van der Waals surface area contributed by atoms with Gasteiger partial charge < -0.3 is 14.8 Å². The summed E-state index contributed by atoms with van der Waals surface area (Å²) < 4.78 is 13.2. The fourth-order valence-electron chi connectivity index (χ4n) is 2.83. The smallest absolute Gasteiger partial charge is 0.251 e. The van der Waals surface area contributed by atoms with Crippen molar-refractivity contribution in [1.29, 1.82) is 0 Å². The molecule has 3 rings (SSSR count). The molecule has 2 heterocycles. The van der Waals surface area contributed by atoms with Gasteiger partial charge in [-0.05, 0) is 50.6 Å². The van der Waals surface area contributed by atoms with Gasteiger partial charge in [-0.1, -0.05) is 11.6 Å². The molecule has 1 aliphatic rings. The molecular weight excluding hydrogens is 330 g/mol. The summed E-state index contributed by atoms with van der Waals surface area (Å²) in [7, 11) is 0. The number of rotatable bonds is 6. The molecule has 1 aromatic carbocycles. The van der Waals surface area contributed by atoms with Gasteiger partial charge in [0.05, 0.1) is 31.0 Å². The predicted molar refractivity (Wildman–Crippen MR) is 99.4 cm³/mol. The second kappa shape index (κ2) is 8.78. The summed E-state index contributed by atoms with van der Waals surface area (Å²) >= 11 is 0. The maximum Gasteiger partial charge on any atom is 0.251 e. The summed E-state index contributed by atoms with van der Waals surface area (Å²) in [6.07, 6.45) is 6.37. The maximum absolute atomic E-state index is 12.6. The Balaban J connectivity index is 1.61. The number of carbonyl (C=O) groups excluding carboxylic acids is 1. The quantitative estimate of drug-likeness (QED) is 0.809. The highest BCUT2D eigenvalue weighted by Crippen LogP contribution is 2.14. The van der Waals surface area contributed by atoms with Gasteiger partial charge in [-0.25, -0.2) is 4.68 Å². The van der Waals surface area contributed by atoms with Gasteiger partial charge in [0.1, 0.15) is 0 Å². The third-order valence-electron chi connectivity index (χ3n) is 4.31. The van der Waals surface area contributed by atoms with Crippen molar-refractivity contribution in [2.45, 2.75) is 32.4 Å². The molecule has 2 aromatic rings. The summed E-state index contributed by atoms with van der Waals surface area (Å²) in [4.78, 5) is 12.6. The fourth-order valence-corrected chi connectivity index (χ4v) is 2.83. The van der Waals surface area contributed by atoms with Crippen LogP contribution in [0.2, 0.25) is 0 Å². The second-order valence-electron chi connectivity index (χ2n) is 6.59. The van der Waals surface area contributed by atoms with Crippen LogP contribution in [0, 0.1) is 0 Å². The summed E-state index contributed by atoms with van der Waals surface area (Å²) in [6, 6.07) is 9.07. The summed E-state index contributed by atoms with van der Waals surface area (Å²) in [6.45, 7) is 5.76. The van der Waals surface area contributed by atoms with Gasteiger partial charge in [-0.15, -0.1) is 0 Å². The lowest BCUT2D eigenvalue weighted by molar-refractivity contribution is -0.0457. The zero-order valence-electron chi connectivity index (χ0n) is 15.2. The Kier molecular flexibility index (Phi) is 6.20. The van der Waals surface area contributed by atoms with Crippen LogP contribution in [0.5, 0.6) is 0 Å². The first-order valence-corrected chi connectivity index (χ1v) is 8.87. The highest BCUT2D eigenvalue weighted by Gasteiger charge is 2.28. The number of hydrogen-bond acceptors (Lipinski definition) is 4. The largest absolute Gasteiger partial charge is 0.379 e. The number of amides is 1. The Bertz CT molecular complexity index is 734. The molecule has 1 amide bonds. The number of hydrogen-bond donors (Lipinski definition) is 1. The van der Waals surface area contributed by atoms with Crippen LogP contribution in [0.25, 0.3) is 5.69 Å². The molecule has 6 nitrogen and oxygen atoms in total. The Labute approximate surface area is 153 Å². The third kappa shape index (κ3) is 4.80. The minimum absolute atomic E-state index is 0.0355. The Hall–Kier alpha value is -2.44. The van der Waals surface area contributed by atoms with E-state index in [1.54, 1.807) is 23.0 Å². The predicted octanol–water partition coefficient (Wildman–Crippen LogP) is 2.74. The van der Waals surface area contributed by atoms with Crippen molar-refractivity contribution in [2.24, 2.45) is 0 Å². The van der Waals surface area contributed by atoms with Crippen molar-refractivity contribution in [3.8, 4) is 5.69 Å². The fraction of sp³-hybridized carbons (Fsp3) is 0.400. The standard InChI is InChI=1S/C20H25N3O3/c1-15(2)8-13-26-19-9-12-25-14-18(19)22-20(24)16-4-6-17(7-5-16)23-11-3-10-21-23/h3-8,10-11,18-19H,9,12-14H2,1-2H3,(H,22,24)/t18-,19+/m1/s1. The Morgan fingerprint density at radius 2 is 2.19 bits per heavy atom. The highest BCUT2D eigenvalue weighted by atomic mass is 16.5. The first-order chi connectivity index (χ1) is 12.6. The second-order valence-corrected chi connectivity index (χ2v) is 6.59. The number of nitrogens with one attached hydrogen (secondary N) is 1. The number of ether oxygens (including phenoxy) is 2. The van der Waals surface area contributed by atoms with Gasteiger partial charge in [0.2, 0.25) is 0 Å². The maximum atomic E-state index is 12.6. The van der Waals surface area contributed by atoms with Crippen LogP contribution < -0.4 is 5.32 Å². The molecule has 1 aromatic heterocycles. The SMILES string of the molecule is CC(C)=CCO[C@H]1CCOC[C@H]1NC(=O)c1ccc(-n2cccn2)cc1. The number of allylic oxidation sites excluding steroid dienone is 1. The Morgan fingerprint density at radius 1 is 1.38 bits per heavy atom. The number of carbonyl (C=O) groups is 1. The number of aromatic nitrogens is 2. The third-order valence-corrected chi connectivity index (χ3v) is 4.31. The van der Waals surface area contributed by atoms with Gasteiger partial charge in [0.25, 0.3) is 5.91 Å². The molecule has 0 bridgehead atoms. The van der Waals surface area contributed by atoms with Crippen LogP contribution in [-0.2, 0) is 9.47 Å². The minimum atomic E-state index is -0.146. The molecule has 0 saturated carbocycles.